The van der Waals surface area contributed by atoms with Gasteiger partial charge in [-0.1, -0.05) is 13.8 Å². The number of nitrogens with one attached hydrogen (secondary N) is 1. The Hall–Kier alpha value is -1.26. The molecule has 19 heavy (non-hydrogen) atoms. The maximum Gasteiger partial charge on any atom is 0.126 e. The second-order valence-electron chi connectivity index (χ2n) is 4.87. The summed E-state index contributed by atoms with van der Waals surface area (Å²) in [5, 5.41) is 3.27. The first kappa shape index (κ1) is 14.2. The molecule has 1 N–H and O–H groups in total. The van der Waals surface area contributed by atoms with Gasteiger partial charge in [0.25, 0.3) is 0 Å². The number of benzene rings is 1. The standard InChI is InChI=1S/C15H17F2NS/c1-9(2)15(18-3)14-5-4-13(19-14)10-6-11(16)8-12(17)7-10/h4-9,15,18H,1-3H3. The Labute approximate surface area is 116 Å². The fourth-order valence-corrected chi connectivity index (χ4v) is 3.45. The molecule has 102 valence electrons. The summed E-state index contributed by atoms with van der Waals surface area (Å²) in [7, 11) is 1.92. The van der Waals surface area contributed by atoms with E-state index >= 15 is 0 Å². The normalized spacial score (nSPS) is 12.9. The molecule has 0 fully saturated rings. The highest BCUT2D eigenvalue weighted by Gasteiger charge is 2.16. The van der Waals surface area contributed by atoms with Crippen LogP contribution in [-0.2, 0) is 0 Å². The van der Waals surface area contributed by atoms with Gasteiger partial charge in [0.2, 0.25) is 0 Å². The molecular formula is C15H17F2NS. The average Bonchev–Trinajstić information content (AvgIpc) is 2.77. The van der Waals surface area contributed by atoms with Crippen LogP contribution in [0.2, 0.25) is 0 Å². The zero-order chi connectivity index (χ0) is 14.0. The van der Waals surface area contributed by atoms with Gasteiger partial charge < -0.3 is 5.32 Å². The third-order valence-electron chi connectivity index (χ3n) is 3.06. The monoisotopic (exact) mass is 281 g/mol. The molecule has 2 aromatic rings. The summed E-state index contributed by atoms with van der Waals surface area (Å²) in [5.74, 6) is -0.626. The molecule has 0 bridgehead atoms. The van der Waals surface area contributed by atoms with Crippen molar-refractivity contribution >= 4 is 11.3 Å². The second-order valence-corrected chi connectivity index (χ2v) is 5.99. The summed E-state index contributed by atoms with van der Waals surface area (Å²) in [6, 6.07) is 7.82. The van der Waals surface area contributed by atoms with Crippen molar-refractivity contribution in [2.24, 2.45) is 5.92 Å². The third kappa shape index (κ3) is 3.19. The lowest BCUT2D eigenvalue weighted by Crippen LogP contribution is -2.20. The van der Waals surface area contributed by atoms with Crippen molar-refractivity contribution in [2.75, 3.05) is 7.05 Å². The molecule has 1 aromatic heterocycles. The summed E-state index contributed by atoms with van der Waals surface area (Å²) < 4.78 is 26.5. The highest BCUT2D eigenvalue weighted by atomic mass is 32.1. The minimum atomic E-state index is -0.543. The molecule has 1 nitrogen and oxygen atoms in total. The van der Waals surface area contributed by atoms with Gasteiger partial charge in [0.15, 0.2) is 0 Å². The molecule has 0 amide bonds. The van der Waals surface area contributed by atoms with Crippen LogP contribution in [0.5, 0.6) is 0 Å². The lowest BCUT2D eigenvalue weighted by atomic mass is 10.0. The van der Waals surface area contributed by atoms with E-state index in [1.165, 1.54) is 17.0 Å². The molecule has 0 saturated heterocycles. The van der Waals surface area contributed by atoms with Crippen molar-refractivity contribution in [1.29, 1.82) is 0 Å². The molecule has 0 spiro atoms. The number of halogens is 2. The summed E-state index contributed by atoms with van der Waals surface area (Å²) in [6.45, 7) is 4.28. The SMILES string of the molecule is CNC(c1ccc(-c2cc(F)cc(F)c2)s1)C(C)C. The van der Waals surface area contributed by atoms with Gasteiger partial charge >= 0.3 is 0 Å². The van der Waals surface area contributed by atoms with Crippen LogP contribution >= 0.6 is 11.3 Å². The number of thiophene rings is 1. The predicted molar refractivity (Wildman–Crippen MR) is 76.3 cm³/mol. The van der Waals surface area contributed by atoms with E-state index in [0.29, 0.717) is 11.5 Å². The van der Waals surface area contributed by atoms with Crippen LogP contribution in [0, 0.1) is 17.6 Å². The van der Waals surface area contributed by atoms with E-state index in [2.05, 4.69) is 19.2 Å². The van der Waals surface area contributed by atoms with Crippen molar-refractivity contribution in [1.82, 2.24) is 5.32 Å². The van der Waals surface area contributed by atoms with E-state index in [0.717, 1.165) is 10.9 Å². The van der Waals surface area contributed by atoms with Gasteiger partial charge in [-0.2, -0.15) is 0 Å². The quantitative estimate of drug-likeness (QED) is 0.863. The van der Waals surface area contributed by atoms with E-state index in [-0.39, 0.29) is 6.04 Å². The first-order valence-electron chi connectivity index (χ1n) is 6.24. The Kier molecular flexibility index (Phi) is 4.32. The van der Waals surface area contributed by atoms with Crippen molar-refractivity contribution in [3.8, 4) is 10.4 Å². The maximum atomic E-state index is 13.2. The van der Waals surface area contributed by atoms with Crippen molar-refractivity contribution < 1.29 is 8.78 Å². The van der Waals surface area contributed by atoms with Crippen LogP contribution in [0.4, 0.5) is 8.78 Å². The zero-order valence-corrected chi connectivity index (χ0v) is 12.0. The topological polar surface area (TPSA) is 12.0 Å². The molecule has 2 rings (SSSR count). The molecular weight excluding hydrogens is 264 g/mol. The summed E-state index contributed by atoms with van der Waals surface area (Å²) in [5.41, 5.74) is 0.590. The average molecular weight is 281 g/mol. The van der Waals surface area contributed by atoms with Crippen LogP contribution in [0.1, 0.15) is 24.8 Å². The van der Waals surface area contributed by atoms with Crippen LogP contribution in [0.25, 0.3) is 10.4 Å². The fourth-order valence-electron chi connectivity index (χ4n) is 2.18. The van der Waals surface area contributed by atoms with Crippen LogP contribution in [0.15, 0.2) is 30.3 Å². The van der Waals surface area contributed by atoms with Gasteiger partial charge in [0.1, 0.15) is 11.6 Å². The number of hydrogen-bond acceptors (Lipinski definition) is 2. The van der Waals surface area contributed by atoms with Crippen molar-refractivity contribution in [3.05, 3.63) is 46.8 Å². The van der Waals surface area contributed by atoms with Crippen LogP contribution in [0.3, 0.4) is 0 Å². The van der Waals surface area contributed by atoms with Gasteiger partial charge in [-0.25, -0.2) is 8.78 Å². The largest absolute Gasteiger partial charge is 0.312 e. The highest BCUT2D eigenvalue weighted by molar-refractivity contribution is 7.15. The van der Waals surface area contributed by atoms with E-state index in [9.17, 15) is 8.78 Å². The zero-order valence-electron chi connectivity index (χ0n) is 11.2. The van der Waals surface area contributed by atoms with Crippen LogP contribution < -0.4 is 5.32 Å². The minimum Gasteiger partial charge on any atom is -0.312 e. The lowest BCUT2D eigenvalue weighted by molar-refractivity contribution is 0.449. The Morgan fingerprint density at radius 2 is 1.68 bits per heavy atom. The fraction of sp³-hybridized carbons (Fsp3) is 0.333. The molecule has 1 unspecified atom stereocenters. The van der Waals surface area contributed by atoms with Crippen LogP contribution in [-0.4, -0.2) is 7.05 Å². The van der Waals surface area contributed by atoms with E-state index in [1.54, 1.807) is 11.3 Å². The summed E-state index contributed by atoms with van der Waals surface area (Å²) in [4.78, 5) is 2.06. The van der Waals surface area contributed by atoms with Crippen molar-refractivity contribution in [3.63, 3.8) is 0 Å². The molecule has 0 aliphatic carbocycles. The third-order valence-corrected chi connectivity index (χ3v) is 4.28. The first-order valence-corrected chi connectivity index (χ1v) is 7.06. The van der Waals surface area contributed by atoms with Gasteiger partial charge in [-0.05, 0) is 42.8 Å². The minimum absolute atomic E-state index is 0.261. The number of rotatable bonds is 4. The molecule has 0 aliphatic rings. The summed E-state index contributed by atoms with van der Waals surface area (Å²) in [6.07, 6.45) is 0. The Balaban J connectivity index is 2.35. The van der Waals surface area contributed by atoms with Gasteiger partial charge in [-0.15, -0.1) is 11.3 Å². The smallest absolute Gasteiger partial charge is 0.126 e. The van der Waals surface area contributed by atoms with Gasteiger partial charge in [-0.3, -0.25) is 0 Å². The summed E-state index contributed by atoms with van der Waals surface area (Å²) >= 11 is 1.57. The molecule has 0 saturated carbocycles. The van der Waals surface area contributed by atoms with Crippen molar-refractivity contribution in [2.45, 2.75) is 19.9 Å². The second kappa shape index (κ2) is 5.80. The predicted octanol–water partition coefficient (Wildman–Crippen LogP) is 4.61. The molecule has 1 aromatic carbocycles. The molecule has 4 heteroatoms. The maximum absolute atomic E-state index is 13.2. The molecule has 0 radical (unpaired) electrons. The highest BCUT2D eigenvalue weighted by Crippen LogP contribution is 2.34. The van der Waals surface area contributed by atoms with Gasteiger partial charge in [0, 0.05) is 21.9 Å². The Bertz CT molecular complexity index is 543. The molecule has 0 aliphatic heterocycles. The van der Waals surface area contributed by atoms with E-state index in [1.807, 2.05) is 19.2 Å². The van der Waals surface area contributed by atoms with E-state index < -0.39 is 11.6 Å². The Morgan fingerprint density at radius 1 is 1.05 bits per heavy atom. The number of hydrogen-bond donors (Lipinski definition) is 1. The van der Waals surface area contributed by atoms with E-state index in [4.69, 9.17) is 0 Å². The first-order chi connectivity index (χ1) is 9.01. The molecule has 1 heterocycles. The Morgan fingerprint density at radius 3 is 2.21 bits per heavy atom. The van der Waals surface area contributed by atoms with Gasteiger partial charge in [0.05, 0.1) is 0 Å². The molecule has 1 atom stereocenters. The lowest BCUT2D eigenvalue weighted by Gasteiger charge is -2.18.